The molecule has 1 atom stereocenters. The van der Waals surface area contributed by atoms with E-state index in [1.54, 1.807) is 0 Å². The van der Waals surface area contributed by atoms with Crippen molar-refractivity contribution in [2.45, 2.75) is 32.7 Å². The number of nitrogens with zero attached hydrogens (tertiary/aromatic N) is 1. The first-order valence-corrected chi connectivity index (χ1v) is 5.54. The van der Waals surface area contributed by atoms with Crippen LogP contribution in [0.3, 0.4) is 0 Å². The van der Waals surface area contributed by atoms with Gasteiger partial charge in [-0.05, 0) is 33.2 Å². The van der Waals surface area contributed by atoms with Crippen LogP contribution in [0.15, 0.2) is 0 Å². The van der Waals surface area contributed by atoms with Crippen molar-refractivity contribution in [2.75, 3.05) is 26.2 Å². The van der Waals surface area contributed by atoms with Crippen molar-refractivity contribution in [3.8, 4) is 0 Å². The van der Waals surface area contributed by atoms with Crippen LogP contribution < -0.4 is 10.6 Å². The minimum Gasteiger partial charge on any atom is -0.334 e. The summed E-state index contributed by atoms with van der Waals surface area (Å²) in [6, 6.07) is 0.389. The first-order chi connectivity index (χ1) is 6.77. The van der Waals surface area contributed by atoms with E-state index < -0.39 is 0 Å². The molecule has 1 saturated heterocycles. The van der Waals surface area contributed by atoms with E-state index in [1.807, 2.05) is 18.7 Å². The molecule has 5 heteroatoms. The van der Waals surface area contributed by atoms with Crippen LogP contribution in [0.2, 0.25) is 0 Å². The van der Waals surface area contributed by atoms with Crippen LogP contribution in [-0.2, 0) is 0 Å². The number of hydrogen-bond donors (Lipinski definition) is 2. The molecule has 15 heavy (non-hydrogen) atoms. The Kier molecular flexibility index (Phi) is 7.52. The summed E-state index contributed by atoms with van der Waals surface area (Å²) in [5, 5.41) is 6.33. The number of carbonyl (C=O) groups excluding carboxylic acids is 1. The summed E-state index contributed by atoms with van der Waals surface area (Å²) in [6.45, 7) is 7.56. The molecule has 0 radical (unpaired) electrons. The van der Waals surface area contributed by atoms with Gasteiger partial charge in [0.25, 0.3) is 0 Å². The maximum absolute atomic E-state index is 11.7. The largest absolute Gasteiger partial charge is 0.334 e. The molecule has 1 aliphatic rings. The standard InChI is InChI=1S/C10H21N3O.ClH/c1-3-13(4-2)10(14)12-9-6-5-7-11-8-9;/h9,11H,3-8H2,1-2H3,(H,12,14);1H/t9-;/m1./s1. The molecule has 0 aromatic carbocycles. The van der Waals surface area contributed by atoms with Gasteiger partial charge in [0.1, 0.15) is 0 Å². The zero-order valence-corrected chi connectivity index (χ0v) is 10.4. The van der Waals surface area contributed by atoms with Crippen molar-refractivity contribution in [2.24, 2.45) is 0 Å². The van der Waals surface area contributed by atoms with Crippen LogP contribution in [-0.4, -0.2) is 43.2 Å². The molecule has 2 amide bonds. The lowest BCUT2D eigenvalue weighted by Crippen LogP contribution is -2.50. The Bertz CT molecular complexity index is 180. The van der Waals surface area contributed by atoms with Gasteiger partial charge >= 0.3 is 6.03 Å². The molecule has 1 rings (SSSR count). The molecule has 0 unspecified atom stereocenters. The first kappa shape index (κ1) is 14.5. The highest BCUT2D eigenvalue weighted by Gasteiger charge is 2.17. The number of piperidine rings is 1. The van der Waals surface area contributed by atoms with Gasteiger partial charge in [-0.25, -0.2) is 4.79 Å². The fraction of sp³-hybridized carbons (Fsp3) is 0.900. The van der Waals surface area contributed by atoms with Crippen molar-refractivity contribution >= 4 is 18.4 Å². The van der Waals surface area contributed by atoms with Crippen LogP contribution in [0.4, 0.5) is 4.79 Å². The van der Waals surface area contributed by atoms with Gasteiger partial charge in [-0.1, -0.05) is 0 Å². The fourth-order valence-electron chi connectivity index (χ4n) is 1.75. The van der Waals surface area contributed by atoms with E-state index >= 15 is 0 Å². The second-order valence-electron chi connectivity index (χ2n) is 3.67. The molecular formula is C10H22ClN3O. The minimum absolute atomic E-state index is 0. The molecule has 0 saturated carbocycles. The van der Waals surface area contributed by atoms with E-state index in [0.717, 1.165) is 39.0 Å². The van der Waals surface area contributed by atoms with Gasteiger partial charge in [0.15, 0.2) is 0 Å². The molecule has 4 nitrogen and oxygen atoms in total. The molecule has 0 aromatic rings. The number of urea groups is 1. The Balaban J connectivity index is 0.00000196. The van der Waals surface area contributed by atoms with Crippen LogP contribution in [0.1, 0.15) is 26.7 Å². The third kappa shape index (κ3) is 4.71. The highest BCUT2D eigenvalue weighted by molar-refractivity contribution is 5.85. The Morgan fingerprint density at radius 1 is 1.47 bits per heavy atom. The van der Waals surface area contributed by atoms with Gasteiger partial charge < -0.3 is 15.5 Å². The summed E-state index contributed by atoms with van der Waals surface area (Å²) in [4.78, 5) is 13.5. The molecular weight excluding hydrogens is 214 g/mol. The van der Waals surface area contributed by atoms with Crippen molar-refractivity contribution in [3.63, 3.8) is 0 Å². The molecule has 0 spiro atoms. The summed E-state index contributed by atoms with van der Waals surface area (Å²) in [5.74, 6) is 0. The third-order valence-electron chi connectivity index (χ3n) is 2.68. The third-order valence-corrected chi connectivity index (χ3v) is 2.68. The summed E-state index contributed by atoms with van der Waals surface area (Å²) in [5.41, 5.74) is 0. The van der Waals surface area contributed by atoms with Crippen molar-refractivity contribution in [1.82, 2.24) is 15.5 Å². The predicted octanol–water partition coefficient (Wildman–Crippen LogP) is 1.21. The molecule has 2 N–H and O–H groups in total. The first-order valence-electron chi connectivity index (χ1n) is 5.54. The van der Waals surface area contributed by atoms with Gasteiger partial charge in [0.05, 0.1) is 0 Å². The van der Waals surface area contributed by atoms with Gasteiger partial charge in [-0.15, -0.1) is 12.4 Å². The number of hydrogen-bond acceptors (Lipinski definition) is 2. The minimum atomic E-state index is 0. The lowest BCUT2D eigenvalue weighted by molar-refractivity contribution is 0.196. The maximum Gasteiger partial charge on any atom is 0.317 e. The molecule has 1 aliphatic heterocycles. The Labute approximate surface area is 98.2 Å². The molecule has 0 bridgehead atoms. The van der Waals surface area contributed by atoms with Crippen molar-refractivity contribution in [3.05, 3.63) is 0 Å². The topological polar surface area (TPSA) is 44.4 Å². The molecule has 0 aliphatic carbocycles. The second-order valence-corrected chi connectivity index (χ2v) is 3.67. The quantitative estimate of drug-likeness (QED) is 0.773. The highest BCUT2D eigenvalue weighted by atomic mass is 35.5. The Morgan fingerprint density at radius 3 is 2.60 bits per heavy atom. The van der Waals surface area contributed by atoms with E-state index in [1.165, 1.54) is 0 Å². The number of carbonyl (C=O) groups is 1. The van der Waals surface area contributed by atoms with E-state index in [-0.39, 0.29) is 18.4 Å². The van der Waals surface area contributed by atoms with Crippen LogP contribution in [0.25, 0.3) is 0 Å². The van der Waals surface area contributed by atoms with Crippen molar-refractivity contribution in [1.29, 1.82) is 0 Å². The summed E-state index contributed by atoms with van der Waals surface area (Å²) in [6.07, 6.45) is 2.25. The number of rotatable bonds is 3. The van der Waals surface area contributed by atoms with Crippen LogP contribution in [0, 0.1) is 0 Å². The second kappa shape index (κ2) is 7.77. The number of halogens is 1. The zero-order valence-electron chi connectivity index (χ0n) is 9.58. The zero-order chi connectivity index (χ0) is 10.4. The predicted molar refractivity (Wildman–Crippen MR) is 64.6 cm³/mol. The fourth-order valence-corrected chi connectivity index (χ4v) is 1.75. The van der Waals surface area contributed by atoms with Crippen LogP contribution >= 0.6 is 12.4 Å². The monoisotopic (exact) mass is 235 g/mol. The molecule has 0 aromatic heterocycles. The van der Waals surface area contributed by atoms with Crippen molar-refractivity contribution < 1.29 is 4.79 Å². The lowest BCUT2D eigenvalue weighted by Gasteiger charge is -2.27. The average molecular weight is 236 g/mol. The van der Waals surface area contributed by atoms with Gasteiger partial charge in [0.2, 0.25) is 0 Å². The Morgan fingerprint density at radius 2 is 2.13 bits per heavy atom. The van der Waals surface area contributed by atoms with E-state index in [4.69, 9.17) is 0 Å². The molecule has 1 fully saturated rings. The summed E-state index contributed by atoms with van der Waals surface area (Å²) >= 11 is 0. The average Bonchev–Trinajstić information content (AvgIpc) is 2.21. The van der Waals surface area contributed by atoms with E-state index in [2.05, 4.69) is 10.6 Å². The Hall–Kier alpha value is -0.480. The summed E-state index contributed by atoms with van der Waals surface area (Å²) < 4.78 is 0. The summed E-state index contributed by atoms with van der Waals surface area (Å²) in [7, 11) is 0. The number of nitrogens with one attached hydrogen (secondary N) is 2. The maximum atomic E-state index is 11.7. The smallest absolute Gasteiger partial charge is 0.317 e. The normalized spacial score (nSPS) is 20.3. The van der Waals surface area contributed by atoms with Gasteiger partial charge in [0, 0.05) is 25.7 Å². The number of amides is 2. The van der Waals surface area contributed by atoms with Gasteiger partial charge in [-0.3, -0.25) is 0 Å². The molecule has 90 valence electrons. The highest BCUT2D eigenvalue weighted by Crippen LogP contribution is 2.02. The van der Waals surface area contributed by atoms with E-state index in [0.29, 0.717) is 6.04 Å². The van der Waals surface area contributed by atoms with Crippen LogP contribution in [0.5, 0.6) is 0 Å². The van der Waals surface area contributed by atoms with Gasteiger partial charge in [-0.2, -0.15) is 0 Å². The lowest BCUT2D eigenvalue weighted by atomic mass is 10.1. The SMILES string of the molecule is CCN(CC)C(=O)N[C@@H]1CCCNC1.Cl. The molecule has 1 heterocycles. The van der Waals surface area contributed by atoms with E-state index in [9.17, 15) is 4.79 Å².